The minimum atomic E-state index is -1.90. The molecule has 2 amide bonds. The minimum Gasteiger partial charge on any atom is -0.380 e. The van der Waals surface area contributed by atoms with Crippen LogP contribution in [0.2, 0.25) is 0 Å². The van der Waals surface area contributed by atoms with Crippen molar-refractivity contribution >= 4 is 23.4 Å². The van der Waals surface area contributed by atoms with Crippen LogP contribution in [0.1, 0.15) is 24.9 Å². The summed E-state index contributed by atoms with van der Waals surface area (Å²) in [5.41, 5.74) is 1.67. The second-order valence-electron chi connectivity index (χ2n) is 8.44. The number of nitrogens with zero attached hydrogens (tertiary/aromatic N) is 3. The Bertz CT molecular complexity index is 1110. The van der Waals surface area contributed by atoms with E-state index in [2.05, 4.69) is 10.4 Å². The van der Waals surface area contributed by atoms with E-state index in [1.165, 1.54) is 4.90 Å². The first kappa shape index (κ1) is 23.9. The Morgan fingerprint density at radius 1 is 1.18 bits per heavy atom. The molecule has 2 heterocycles. The smallest absolute Gasteiger partial charge is 0.255 e. The number of carbonyl (C=O) groups excluding carboxylic acids is 2. The third kappa shape index (κ3) is 5.14. The van der Waals surface area contributed by atoms with E-state index in [9.17, 15) is 19.8 Å². The Kier molecular flexibility index (Phi) is 7.31. The number of hydrogen-bond acceptors (Lipinski definition) is 5. The monoisotopic (exact) mass is 482 g/mol. The predicted octanol–water partition coefficient (Wildman–Crippen LogP) is 2.24. The Morgan fingerprint density at radius 2 is 1.94 bits per heavy atom. The van der Waals surface area contributed by atoms with Crippen molar-refractivity contribution in [2.45, 2.75) is 37.6 Å². The highest BCUT2D eigenvalue weighted by Crippen LogP contribution is 2.30. The van der Waals surface area contributed by atoms with E-state index >= 15 is 0 Å². The summed E-state index contributed by atoms with van der Waals surface area (Å²) in [4.78, 5) is 27.0. The molecule has 2 aliphatic rings. The van der Waals surface area contributed by atoms with Crippen LogP contribution in [0.3, 0.4) is 0 Å². The van der Waals surface area contributed by atoms with Gasteiger partial charge in [0.1, 0.15) is 0 Å². The lowest BCUT2D eigenvalue weighted by Gasteiger charge is -2.33. The van der Waals surface area contributed by atoms with Crippen LogP contribution in [-0.2, 0) is 9.59 Å². The van der Waals surface area contributed by atoms with E-state index in [1.54, 1.807) is 23.9 Å². The standard InChI is InChI=1S/C25H27ClN4O4/c1-16(17-8-10-20(11-9-17)30-14-4-12-27-30)28-24(33)22(31)23(32)25(34)29-13-3-7-21(29)18-5-2-6-19(26)15-18/h2-12,14,16,18,21-23,31-32H,13,15H2,1H3,(H,28,33)/t16-,18?,21?,22-,23-/m1/s1. The Balaban J connectivity index is 1.35. The van der Waals surface area contributed by atoms with Crippen LogP contribution in [0, 0.1) is 5.92 Å². The van der Waals surface area contributed by atoms with Crippen molar-refractivity contribution in [1.29, 1.82) is 0 Å². The molecule has 178 valence electrons. The molecule has 0 saturated heterocycles. The van der Waals surface area contributed by atoms with Crippen molar-refractivity contribution in [2.24, 2.45) is 5.92 Å². The molecule has 8 nitrogen and oxygen atoms in total. The molecular weight excluding hydrogens is 456 g/mol. The zero-order chi connectivity index (χ0) is 24.2. The molecule has 1 aliphatic carbocycles. The fourth-order valence-corrected chi connectivity index (χ4v) is 4.47. The lowest BCUT2D eigenvalue weighted by Crippen LogP contribution is -2.53. The topological polar surface area (TPSA) is 108 Å². The summed E-state index contributed by atoms with van der Waals surface area (Å²) in [6.07, 6.45) is 9.63. The predicted molar refractivity (Wildman–Crippen MR) is 128 cm³/mol. The van der Waals surface area contributed by atoms with Crippen LogP contribution in [-0.4, -0.2) is 61.5 Å². The number of halogens is 1. The third-order valence-corrected chi connectivity index (χ3v) is 6.40. The molecule has 0 bridgehead atoms. The highest BCUT2D eigenvalue weighted by atomic mass is 35.5. The van der Waals surface area contributed by atoms with Crippen LogP contribution in [0.4, 0.5) is 0 Å². The summed E-state index contributed by atoms with van der Waals surface area (Å²) in [6, 6.07) is 8.48. The van der Waals surface area contributed by atoms with E-state index in [1.807, 2.05) is 60.8 Å². The number of amides is 2. The normalized spacial score (nSPS) is 22.2. The number of aliphatic hydroxyl groups excluding tert-OH is 2. The van der Waals surface area contributed by atoms with Gasteiger partial charge in [0.15, 0.2) is 12.2 Å². The molecule has 5 atom stereocenters. The first-order chi connectivity index (χ1) is 16.3. The Labute approximate surface area is 202 Å². The van der Waals surface area contributed by atoms with Gasteiger partial charge in [0, 0.05) is 29.9 Å². The van der Waals surface area contributed by atoms with Gasteiger partial charge in [0.25, 0.3) is 11.8 Å². The number of aromatic nitrogens is 2. The summed E-state index contributed by atoms with van der Waals surface area (Å²) in [6.45, 7) is 2.05. The van der Waals surface area contributed by atoms with Gasteiger partial charge in [-0.25, -0.2) is 4.68 Å². The Morgan fingerprint density at radius 3 is 2.62 bits per heavy atom. The molecule has 3 N–H and O–H groups in total. The highest BCUT2D eigenvalue weighted by molar-refractivity contribution is 6.29. The summed E-state index contributed by atoms with van der Waals surface area (Å²) in [7, 11) is 0. The maximum atomic E-state index is 12.9. The maximum absolute atomic E-state index is 12.9. The number of benzene rings is 1. The lowest BCUT2D eigenvalue weighted by atomic mass is 9.92. The van der Waals surface area contributed by atoms with Gasteiger partial charge in [-0.3, -0.25) is 9.59 Å². The average Bonchev–Trinajstić information content (AvgIpc) is 3.55. The van der Waals surface area contributed by atoms with Gasteiger partial charge < -0.3 is 20.4 Å². The second kappa shape index (κ2) is 10.4. The van der Waals surface area contributed by atoms with Crippen molar-refractivity contribution in [3.05, 3.63) is 83.7 Å². The minimum absolute atomic E-state index is 0.0388. The second-order valence-corrected chi connectivity index (χ2v) is 8.92. The van der Waals surface area contributed by atoms with Gasteiger partial charge in [0.2, 0.25) is 0 Å². The van der Waals surface area contributed by atoms with Gasteiger partial charge >= 0.3 is 0 Å². The van der Waals surface area contributed by atoms with E-state index < -0.39 is 30.1 Å². The third-order valence-electron chi connectivity index (χ3n) is 6.12. The number of aliphatic hydroxyl groups is 2. The largest absolute Gasteiger partial charge is 0.380 e. The zero-order valence-electron chi connectivity index (χ0n) is 18.7. The van der Waals surface area contributed by atoms with Crippen molar-refractivity contribution in [2.75, 3.05) is 6.54 Å². The number of hydrogen-bond donors (Lipinski definition) is 3. The molecule has 2 aromatic rings. The Hall–Kier alpha value is -3.20. The zero-order valence-corrected chi connectivity index (χ0v) is 19.4. The SMILES string of the molecule is C[C@@H](NC(=O)[C@H](O)[C@@H](O)C(=O)N1CC=CC1C1C=CC=C(Cl)C1)c1ccc(-n2cccn2)cc1. The molecule has 0 spiro atoms. The molecule has 1 aromatic carbocycles. The number of carbonyl (C=O) groups is 2. The average molecular weight is 483 g/mol. The van der Waals surface area contributed by atoms with Crippen molar-refractivity contribution in [1.82, 2.24) is 20.0 Å². The first-order valence-electron chi connectivity index (χ1n) is 11.1. The van der Waals surface area contributed by atoms with E-state index in [4.69, 9.17) is 11.6 Å². The van der Waals surface area contributed by atoms with E-state index in [0.29, 0.717) is 18.0 Å². The summed E-state index contributed by atoms with van der Waals surface area (Å²) < 4.78 is 1.71. The number of nitrogens with one attached hydrogen (secondary N) is 1. The van der Waals surface area contributed by atoms with E-state index in [-0.39, 0.29) is 12.0 Å². The van der Waals surface area contributed by atoms with Crippen LogP contribution >= 0.6 is 11.6 Å². The molecule has 1 aliphatic heterocycles. The number of allylic oxidation sites excluding steroid dienone is 3. The van der Waals surface area contributed by atoms with Crippen molar-refractivity contribution in [3.8, 4) is 5.69 Å². The summed E-state index contributed by atoms with van der Waals surface area (Å²) in [5, 5.41) is 28.5. The molecule has 34 heavy (non-hydrogen) atoms. The van der Waals surface area contributed by atoms with Crippen LogP contribution in [0.15, 0.2) is 78.1 Å². The highest BCUT2D eigenvalue weighted by Gasteiger charge is 2.39. The van der Waals surface area contributed by atoms with Crippen molar-refractivity contribution in [3.63, 3.8) is 0 Å². The van der Waals surface area contributed by atoms with Gasteiger partial charge in [-0.2, -0.15) is 5.10 Å². The van der Waals surface area contributed by atoms with Gasteiger partial charge in [0.05, 0.1) is 17.8 Å². The molecule has 0 saturated carbocycles. The molecular formula is C25H27ClN4O4. The lowest BCUT2D eigenvalue weighted by molar-refractivity contribution is -0.154. The quantitative estimate of drug-likeness (QED) is 0.524. The van der Waals surface area contributed by atoms with Gasteiger partial charge in [-0.15, -0.1) is 0 Å². The fraction of sp³-hybridized carbons (Fsp3) is 0.320. The van der Waals surface area contributed by atoms with E-state index in [0.717, 1.165) is 11.3 Å². The molecule has 4 rings (SSSR count). The summed E-state index contributed by atoms with van der Waals surface area (Å²) in [5.74, 6) is -1.56. The van der Waals surface area contributed by atoms with Crippen LogP contribution in [0.25, 0.3) is 5.69 Å². The van der Waals surface area contributed by atoms with Gasteiger partial charge in [-0.1, -0.05) is 48.0 Å². The maximum Gasteiger partial charge on any atom is 0.255 e. The summed E-state index contributed by atoms with van der Waals surface area (Å²) >= 11 is 6.14. The molecule has 2 unspecified atom stereocenters. The molecule has 0 fully saturated rings. The van der Waals surface area contributed by atoms with Crippen LogP contribution in [0.5, 0.6) is 0 Å². The number of rotatable bonds is 7. The van der Waals surface area contributed by atoms with Crippen molar-refractivity contribution < 1.29 is 19.8 Å². The van der Waals surface area contributed by atoms with Gasteiger partial charge in [-0.05, 0) is 43.2 Å². The molecule has 1 aromatic heterocycles. The first-order valence-corrected chi connectivity index (χ1v) is 11.5. The van der Waals surface area contributed by atoms with Crippen LogP contribution < -0.4 is 5.32 Å². The molecule has 0 radical (unpaired) electrons. The molecule has 9 heteroatoms. The fourth-order valence-electron chi connectivity index (χ4n) is 4.22.